The number of ether oxygens (including phenoxy) is 1. The SMILES string of the molecule is CC(C)(C)OC(=O)N1CC2C[C@@H](Nc3nnc(Cl)c4sccc34)C[C@@H]2C1. The average molecular weight is 395 g/mol. The standard InChI is InChI=1S/C18H23ClN4O2S/c1-18(2,3)25-17(24)23-8-10-6-12(7-11(10)9-23)20-16-13-4-5-26-14(13)15(19)21-22-16/h4-5,10-12H,6-9H2,1-3H3,(H,20,22)/t10-,11?,12+/m1/s1. The number of hydrogen-bond donors (Lipinski definition) is 1. The van der Waals surface area contributed by atoms with E-state index in [1.165, 1.54) is 0 Å². The normalized spacial score (nSPS) is 25.5. The summed E-state index contributed by atoms with van der Waals surface area (Å²) in [5.74, 6) is 1.83. The molecule has 1 aliphatic heterocycles. The van der Waals surface area contributed by atoms with Crippen LogP contribution in [0.1, 0.15) is 33.6 Å². The van der Waals surface area contributed by atoms with E-state index in [4.69, 9.17) is 16.3 Å². The van der Waals surface area contributed by atoms with Gasteiger partial charge in [-0.3, -0.25) is 0 Å². The maximum Gasteiger partial charge on any atom is 0.410 e. The predicted molar refractivity (Wildman–Crippen MR) is 104 cm³/mol. The Balaban J connectivity index is 1.38. The van der Waals surface area contributed by atoms with E-state index >= 15 is 0 Å². The summed E-state index contributed by atoms with van der Waals surface area (Å²) in [5, 5.41) is 15.3. The monoisotopic (exact) mass is 394 g/mol. The van der Waals surface area contributed by atoms with Crippen molar-refractivity contribution in [2.75, 3.05) is 18.4 Å². The second-order valence-electron chi connectivity index (χ2n) is 8.22. The van der Waals surface area contributed by atoms with Crippen LogP contribution in [-0.4, -0.2) is 45.9 Å². The third-order valence-electron chi connectivity index (χ3n) is 5.09. The smallest absolute Gasteiger partial charge is 0.410 e. The van der Waals surface area contributed by atoms with Gasteiger partial charge >= 0.3 is 6.09 Å². The van der Waals surface area contributed by atoms with Gasteiger partial charge in [0.15, 0.2) is 11.0 Å². The Kier molecular flexibility index (Phi) is 4.47. The first-order chi connectivity index (χ1) is 12.3. The lowest BCUT2D eigenvalue weighted by molar-refractivity contribution is 0.0280. The molecule has 3 atom stereocenters. The molecule has 1 amide bonds. The van der Waals surface area contributed by atoms with Crippen LogP contribution in [0.4, 0.5) is 10.6 Å². The lowest BCUT2D eigenvalue weighted by atomic mass is 10.0. The Morgan fingerprint density at radius 1 is 1.31 bits per heavy atom. The van der Waals surface area contributed by atoms with Crippen LogP contribution in [-0.2, 0) is 4.74 Å². The number of rotatable bonds is 2. The van der Waals surface area contributed by atoms with Crippen molar-refractivity contribution in [2.45, 2.75) is 45.3 Å². The van der Waals surface area contributed by atoms with E-state index in [0.29, 0.717) is 23.0 Å². The van der Waals surface area contributed by atoms with Gasteiger partial charge < -0.3 is 15.0 Å². The van der Waals surface area contributed by atoms with Crippen LogP contribution in [0.25, 0.3) is 10.1 Å². The summed E-state index contributed by atoms with van der Waals surface area (Å²) >= 11 is 7.69. The highest BCUT2D eigenvalue weighted by atomic mass is 35.5. The molecule has 2 aromatic rings. The molecular formula is C18H23ClN4O2S. The van der Waals surface area contributed by atoms with Crippen LogP contribution in [0, 0.1) is 11.8 Å². The van der Waals surface area contributed by atoms with E-state index in [2.05, 4.69) is 15.5 Å². The summed E-state index contributed by atoms with van der Waals surface area (Å²) in [5.41, 5.74) is -0.446. The molecule has 26 heavy (non-hydrogen) atoms. The minimum Gasteiger partial charge on any atom is -0.444 e. The number of anilines is 1. The van der Waals surface area contributed by atoms with E-state index in [1.807, 2.05) is 37.1 Å². The number of carbonyl (C=O) groups excluding carboxylic acids is 1. The third kappa shape index (κ3) is 3.47. The van der Waals surface area contributed by atoms with Crippen LogP contribution >= 0.6 is 22.9 Å². The molecule has 2 aliphatic rings. The number of hydrogen-bond acceptors (Lipinski definition) is 6. The Morgan fingerprint density at radius 3 is 2.65 bits per heavy atom. The fraction of sp³-hybridized carbons (Fsp3) is 0.611. The number of likely N-dealkylation sites (tertiary alicyclic amines) is 1. The fourth-order valence-corrected chi connectivity index (χ4v) is 5.09. The Bertz CT molecular complexity index is 820. The first-order valence-corrected chi connectivity index (χ1v) is 10.2. The van der Waals surface area contributed by atoms with Gasteiger partial charge in [0.05, 0.1) is 4.70 Å². The van der Waals surface area contributed by atoms with Crippen molar-refractivity contribution in [1.82, 2.24) is 15.1 Å². The zero-order chi connectivity index (χ0) is 18.5. The van der Waals surface area contributed by atoms with Gasteiger partial charge in [-0.05, 0) is 56.9 Å². The molecule has 2 fully saturated rings. The molecule has 140 valence electrons. The van der Waals surface area contributed by atoms with Crippen molar-refractivity contribution in [3.8, 4) is 0 Å². The highest BCUT2D eigenvalue weighted by molar-refractivity contribution is 7.17. The van der Waals surface area contributed by atoms with Crippen LogP contribution in [0.3, 0.4) is 0 Å². The minimum absolute atomic E-state index is 0.194. The van der Waals surface area contributed by atoms with Crippen molar-refractivity contribution >= 4 is 44.9 Å². The van der Waals surface area contributed by atoms with Gasteiger partial charge in [-0.15, -0.1) is 21.5 Å². The van der Waals surface area contributed by atoms with Crippen LogP contribution < -0.4 is 5.32 Å². The lowest BCUT2D eigenvalue weighted by Gasteiger charge is -2.25. The zero-order valence-electron chi connectivity index (χ0n) is 15.2. The molecule has 1 N–H and O–H groups in total. The maximum absolute atomic E-state index is 12.3. The summed E-state index contributed by atoms with van der Waals surface area (Å²) in [4.78, 5) is 14.1. The third-order valence-corrected chi connectivity index (χ3v) is 6.39. The highest BCUT2D eigenvalue weighted by Gasteiger charge is 2.43. The molecule has 8 heteroatoms. The Hall–Kier alpha value is -1.60. The topological polar surface area (TPSA) is 67.3 Å². The van der Waals surface area contributed by atoms with Crippen molar-refractivity contribution in [3.63, 3.8) is 0 Å². The van der Waals surface area contributed by atoms with Gasteiger partial charge in [0.25, 0.3) is 0 Å². The summed E-state index contributed by atoms with van der Waals surface area (Å²) in [6.45, 7) is 7.26. The lowest BCUT2D eigenvalue weighted by Crippen LogP contribution is -2.36. The van der Waals surface area contributed by atoms with E-state index in [1.54, 1.807) is 11.3 Å². The summed E-state index contributed by atoms with van der Waals surface area (Å²) < 4.78 is 6.47. The molecule has 1 aliphatic carbocycles. The molecule has 0 radical (unpaired) electrons. The second-order valence-corrected chi connectivity index (χ2v) is 9.50. The molecule has 1 saturated carbocycles. The van der Waals surface area contributed by atoms with E-state index in [9.17, 15) is 4.79 Å². The van der Waals surface area contributed by atoms with Gasteiger partial charge in [-0.2, -0.15) is 0 Å². The molecule has 2 aromatic heterocycles. The molecule has 0 spiro atoms. The van der Waals surface area contributed by atoms with Gasteiger partial charge in [-0.1, -0.05) is 11.6 Å². The number of thiophene rings is 1. The number of fused-ring (bicyclic) bond motifs is 2. The highest BCUT2D eigenvalue weighted by Crippen LogP contribution is 2.40. The van der Waals surface area contributed by atoms with Crippen molar-refractivity contribution in [2.24, 2.45) is 11.8 Å². The van der Waals surface area contributed by atoms with Gasteiger partial charge in [-0.25, -0.2) is 4.79 Å². The molecule has 4 rings (SSSR count). The second kappa shape index (κ2) is 6.53. The molecular weight excluding hydrogens is 372 g/mol. The van der Waals surface area contributed by atoms with Gasteiger partial charge in [0.2, 0.25) is 0 Å². The molecule has 1 unspecified atom stereocenters. The fourth-order valence-electron chi connectivity index (χ4n) is 4.04. The summed E-state index contributed by atoms with van der Waals surface area (Å²) in [7, 11) is 0. The van der Waals surface area contributed by atoms with Crippen molar-refractivity contribution in [3.05, 3.63) is 16.6 Å². The maximum atomic E-state index is 12.3. The number of amides is 1. The quantitative estimate of drug-likeness (QED) is 0.817. The summed E-state index contributed by atoms with van der Waals surface area (Å²) in [6.07, 6.45) is 1.86. The zero-order valence-corrected chi connectivity index (χ0v) is 16.7. The average Bonchev–Trinajstić information content (AvgIpc) is 3.22. The molecule has 0 bridgehead atoms. The van der Waals surface area contributed by atoms with Crippen LogP contribution in [0.5, 0.6) is 0 Å². The van der Waals surface area contributed by atoms with Crippen LogP contribution in [0.2, 0.25) is 5.15 Å². The number of nitrogens with zero attached hydrogens (tertiary/aromatic N) is 3. The molecule has 6 nitrogen and oxygen atoms in total. The van der Waals surface area contributed by atoms with Crippen molar-refractivity contribution < 1.29 is 9.53 Å². The predicted octanol–water partition coefficient (Wildman–Crippen LogP) is 4.40. The van der Waals surface area contributed by atoms with Crippen molar-refractivity contribution in [1.29, 1.82) is 0 Å². The first kappa shape index (κ1) is 17.8. The molecule has 3 heterocycles. The minimum atomic E-state index is -0.446. The number of carbonyl (C=O) groups is 1. The van der Waals surface area contributed by atoms with E-state index in [-0.39, 0.29) is 6.09 Å². The van der Waals surface area contributed by atoms with E-state index < -0.39 is 5.60 Å². The number of nitrogens with one attached hydrogen (secondary N) is 1. The molecule has 1 saturated heterocycles. The van der Waals surface area contributed by atoms with E-state index in [0.717, 1.165) is 41.8 Å². The Labute approximate surface area is 161 Å². The largest absolute Gasteiger partial charge is 0.444 e. The summed E-state index contributed by atoms with van der Waals surface area (Å²) in [6, 6.07) is 2.38. The van der Waals surface area contributed by atoms with Gasteiger partial charge in [0, 0.05) is 24.5 Å². The molecule has 0 aromatic carbocycles. The van der Waals surface area contributed by atoms with Gasteiger partial charge in [0.1, 0.15) is 5.60 Å². The number of aromatic nitrogens is 2. The first-order valence-electron chi connectivity index (χ1n) is 8.94. The Morgan fingerprint density at radius 2 is 2.00 bits per heavy atom. The van der Waals surface area contributed by atoms with Crippen LogP contribution in [0.15, 0.2) is 11.4 Å². The number of halogens is 1.